The van der Waals surface area contributed by atoms with Gasteiger partial charge in [0.2, 0.25) is 0 Å². The first-order valence-corrected chi connectivity index (χ1v) is 4.61. The predicted octanol–water partition coefficient (Wildman–Crippen LogP) is 0.952. The van der Waals surface area contributed by atoms with Crippen molar-refractivity contribution >= 4 is 5.97 Å². The summed E-state index contributed by atoms with van der Waals surface area (Å²) in [5.41, 5.74) is 0. The highest BCUT2D eigenvalue weighted by molar-refractivity contribution is 5.67. The third kappa shape index (κ3) is 5.64. The highest BCUT2D eigenvalue weighted by Crippen LogP contribution is 2.05. The first kappa shape index (κ1) is 11.5. The van der Waals surface area contributed by atoms with Crippen LogP contribution in [0.2, 0.25) is 0 Å². The SMILES string of the molecule is O=C(O)COCCCOc1cccnc1. The molecule has 1 rings (SSSR count). The van der Waals surface area contributed by atoms with E-state index in [1.54, 1.807) is 18.5 Å². The van der Waals surface area contributed by atoms with Crippen molar-refractivity contribution in [3.05, 3.63) is 24.5 Å². The van der Waals surface area contributed by atoms with Gasteiger partial charge in [0.1, 0.15) is 12.4 Å². The minimum absolute atomic E-state index is 0.257. The molecule has 0 spiro atoms. The second kappa shape index (κ2) is 6.78. The van der Waals surface area contributed by atoms with E-state index in [9.17, 15) is 4.79 Å². The van der Waals surface area contributed by atoms with Crippen LogP contribution in [0.25, 0.3) is 0 Å². The van der Waals surface area contributed by atoms with Gasteiger partial charge in [-0.15, -0.1) is 0 Å². The number of carbonyl (C=O) groups is 1. The summed E-state index contributed by atoms with van der Waals surface area (Å²) in [6.45, 7) is 0.616. The number of carboxylic acids is 1. The molecule has 1 aromatic heterocycles. The van der Waals surface area contributed by atoms with Crippen molar-refractivity contribution in [3.8, 4) is 5.75 Å². The molecule has 82 valence electrons. The molecule has 0 fully saturated rings. The molecule has 1 heterocycles. The van der Waals surface area contributed by atoms with Crippen LogP contribution < -0.4 is 4.74 Å². The van der Waals surface area contributed by atoms with Crippen LogP contribution in [0.5, 0.6) is 5.75 Å². The van der Waals surface area contributed by atoms with E-state index in [1.165, 1.54) is 0 Å². The van der Waals surface area contributed by atoms with Crippen LogP contribution in [0, 0.1) is 0 Å². The number of hydrogen-bond acceptors (Lipinski definition) is 4. The topological polar surface area (TPSA) is 68.7 Å². The summed E-state index contributed by atoms with van der Waals surface area (Å²) in [4.78, 5) is 14.0. The summed E-state index contributed by atoms with van der Waals surface area (Å²) in [5.74, 6) is -0.251. The Morgan fingerprint density at radius 1 is 1.47 bits per heavy atom. The molecule has 0 amide bonds. The number of carboxylic acid groups (broad SMARTS) is 1. The second-order valence-electron chi connectivity index (χ2n) is 2.84. The Bertz CT molecular complexity index is 289. The molecule has 0 unspecified atom stereocenters. The molecule has 1 N–H and O–H groups in total. The van der Waals surface area contributed by atoms with Crippen LogP contribution in [0.4, 0.5) is 0 Å². The summed E-state index contributed by atoms with van der Waals surface area (Å²) in [7, 11) is 0. The predicted molar refractivity (Wildman–Crippen MR) is 52.8 cm³/mol. The van der Waals surface area contributed by atoms with Crippen LogP contribution in [0.3, 0.4) is 0 Å². The van der Waals surface area contributed by atoms with Gasteiger partial charge in [-0.3, -0.25) is 4.98 Å². The Kier molecular flexibility index (Phi) is 5.18. The maximum absolute atomic E-state index is 10.1. The fourth-order valence-electron chi connectivity index (χ4n) is 0.943. The number of ether oxygens (including phenoxy) is 2. The molecule has 5 nitrogen and oxygen atoms in total. The molecule has 0 saturated carbocycles. The van der Waals surface area contributed by atoms with Crippen molar-refractivity contribution in [2.75, 3.05) is 19.8 Å². The lowest BCUT2D eigenvalue weighted by Gasteiger charge is -2.04. The Morgan fingerprint density at radius 2 is 2.33 bits per heavy atom. The maximum Gasteiger partial charge on any atom is 0.329 e. The number of hydrogen-bond donors (Lipinski definition) is 1. The van der Waals surface area contributed by atoms with E-state index in [2.05, 4.69) is 4.98 Å². The lowest BCUT2D eigenvalue weighted by atomic mass is 10.4. The lowest BCUT2D eigenvalue weighted by molar-refractivity contribution is -0.142. The smallest absolute Gasteiger partial charge is 0.329 e. The fourth-order valence-corrected chi connectivity index (χ4v) is 0.943. The van der Waals surface area contributed by atoms with Gasteiger partial charge in [0.05, 0.1) is 19.4 Å². The van der Waals surface area contributed by atoms with Crippen molar-refractivity contribution in [1.29, 1.82) is 0 Å². The van der Waals surface area contributed by atoms with E-state index in [0.717, 1.165) is 0 Å². The van der Waals surface area contributed by atoms with Crippen LogP contribution in [-0.2, 0) is 9.53 Å². The van der Waals surface area contributed by atoms with Crippen molar-refractivity contribution in [1.82, 2.24) is 4.98 Å². The van der Waals surface area contributed by atoms with Crippen molar-refractivity contribution in [2.24, 2.45) is 0 Å². The number of aliphatic carboxylic acids is 1. The minimum atomic E-state index is -0.955. The molecule has 1 aromatic rings. The highest BCUT2D eigenvalue weighted by atomic mass is 16.5. The standard InChI is InChI=1S/C10H13NO4/c12-10(13)8-14-5-2-6-15-9-3-1-4-11-7-9/h1,3-4,7H,2,5-6,8H2,(H,12,13). The van der Waals surface area contributed by atoms with Gasteiger partial charge in [0.25, 0.3) is 0 Å². The molecule has 0 aliphatic heterocycles. The summed E-state index contributed by atoms with van der Waals surface area (Å²) >= 11 is 0. The molecule has 0 aliphatic carbocycles. The Labute approximate surface area is 87.7 Å². The zero-order valence-corrected chi connectivity index (χ0v) is 8.26. The Morgan fingerprint density at radius 3 is 3.00 bits per heavy atom. The molecular formula is C10H13NO4. The highest BCUT2D eigenvalue weighted by Gasteiger charge is 1.96. The second-order valence-corrected chi connectivity index (χ2v) is 2.84. The van der Waals surface area contributed by atoms with Gasteiger partial charge in [0, 0.05) is 12.6 Å². The average molecular weight is 211 g/mol. The average Bonchev–Trinajstić information content (AvgIpc) is 2.24. The molecule has 0 radical (unpaired) electrons. The van der Waals surface area contributed by atoms with Gasteiger partial charge in [0.15, 0.2) is 0 Å². The largest absolute Gasteiger partial charge is 0.492 e. The minimum Gasteiger partial charge on any atom is -0.492 e. The molecule has 0 aliphatic rings. The number of pyridine rings is 1. The van der Waals surface area contributed by atoms with E-state index < -0.39 is 5.97 Å². The van der Waals surface area contributed by atoms with E-state index in [0.29, 0.717) is 25.4 Å². The first-order chi connectivity index (χ1) is 7.29. The van der Waals surface area contributed by atoms with E-state index in [4.69, 9.17) is 14.6 Å². The Balaban J connectivity index is 2.00. The molecule has 0 bridgehead atoms. The summed E-state index contributed by atoms with van der Waals surface area (Å²) in [6, 6.07) is 3.60. The molecule has 0 atom stereocenters. The molecule has 0 saturated heterocycles. The van der Waals surface area contributed by atoms with Gasteiger partial charge in [-0.1, -0.05) is 0 Å². The third-order valence-corrected chi connectivity index (χ3v) is 1.56. The zero-order valence-electron chi connectivity index (χ0n) is 8.26. The normalized spacial score (nSPS) is 9.87. The van der Waals surface area contributed by atoms with E-state index >= 15 is 0 Å². The molecular weight excluding hydrogens is 198 g/mol. The third-order valence-electron chi connectivity index (χ3n) is 1.56. The first-order valence-electron chi connectivity index (χ1n) is 4.61. The zero-order chi connectivity index (χ0) is 10.9. The maximum atomic E-state index is 10.1. The fraction of sp³-hybridized carbons (Fsp3) is 0.400. The molecule has 0 aromatic carbocycles. The summed E-state index contributed by atoms with van der Waals surface area (Å²) in [5, 5.41) is 8.28. The number of aromatic nitrogens is 1. The van der Waals surface area contributed by atoms with E-state index in [-0.39, 0.29) is 6.61 Å². The van der Waals surface area contributed by atoms with Crippen LogP contribution in [0.1, 0.15) is 6.42 Å². The molecule has 15 heavy (non-hydrogen) atoms. The van der Waals surface area contributed by atoms with Gasteiger partial charge >= 0.3 is 5.97 Å². The van der Waals surface area contributed by atoms with Gasteiger partial charge < -0.3 is 14.6 Å². The van der Waals surface area contributed by atoms with Gasteiger partial charge in [-0.2, -0.15) is 0 Å². The lowest BCUT2D eigenvalue weighted by Crippen LogP contribution is -2.09. The van der Waals surface area contributed by atoms with Gasteiger partial charge in [-0.25, -0.2) is 4.79 Å². The summed E-state index contributed by atoms with van der Waals surface area (Å²) in [6.07, 6.45) is 3.95. The van der Waals surface area contributed by atoms with Crippen LogP contribution in [-0.4, -0.2) is 35.9 Å². The van der Waals surface area contributed by atoms with Crippen LogP contribution in [0.15, 0.2) is 24.5 Å². The van der Waals surface area contributed by atoms with Crippen molar-refractivity contribution < 1.29 is 19.4 Å². The number of nitrogens with zero attached hydrogens (tertiary/aromatic N) is 1. The monoisotopic (exact) mass is 211 g/mol. The van der Waals surface area contributed by atoms with Gasteiger partial charge in [-0.05, 0) is 12.1 Å². The number of rotatable bonds is 7. The molecule has 5 heteroatoms. The van der Waals surface area contributed by atoms with Crippen molar-refractivity contribution in [3.63, 3.8) is 0 Å². The van der Waals surface area contributed by atoms with Crippen molar-refractivity contribution in [2.45, 2.75) is 6.42 Å². The summed E-state index contributed by atoms with van der Waals surface area (Å²) < 4.78 is 10.2. The van der Waals surface area contributed by atoms with Crippen LogP contribution >= 0.6 is 0 Å². The van der Waals surface area contributed by atoms with E-state index in [1.807, 2.05) is 6.07 Å². The Hall–Kier alpha value is -1.62. The quantitative estimate of drug-likeness (QED) is 0.680.